The number of H-pyrrole nitrogens is 1. The lowest BCUT2D eigenvalue weighted by atomic mass is 10.2. The number of thioether (sulfide) groups is 2. The van der Waals surface area contributed by atoms with Crippen LogP contribution < -0.4 is 10.9 Å². The molecule has 2 aromatic heterocycles. The largest absolute Gasteiger partial charge is 0.465 e. The number of hydrogen-bond donors (Lipinski definition) is 2. The molecule has 0 bridgehead atoms. The van der Waals surface area contributed by atoms with Crippen LogP contribution in [0.15, 0.2) is 75.8 Å². The molecule has 0 aliphatic rings. The van der Waals surface area contributed by atoms with Crippen molar-refractivity contribution in [2.45, 2.75) is 23.0 Å². The third-order valence-corrected chi connectivity index (χ3v) is 6.62. The van der Waals surface area contributed by atoms with Crippen LogP contribution in [0.5, 0.6) is 0 Å². The van der Waals surface area contributed by atoms with Crippen LogP contribution >= 0.6 is 23.5 Å². The first-order valence-electron chi connectivity index (χ1n) is 10.7. The molecule has 2 aromatic carbocycles. The van der Waals surface area contributed by atoms with Gasteiger partial charge >= 0.3 is 5.97 Å². The highest BCUT2D eigenvalue weighted by atomic mass is 32.2. The van der Waals surface area contributed by atoms with Gasteiger partial charge < -0.3 is 15.0 Å². The summed E-state index contributed by atoms with van der Waals surface area (Å²) in [5.41, 5.74) is 2.24. The molecule has 0 saturated carbocycles. The van der Waals surface area contributed by atoms with Gasteiger partial charge in [-0.2, -0.15) is 0 Å². The van der Waals surface area contributed by atoms with Gasteiger partial charge in [-0.05, 0) is 43.3 Å². The fourth-order valence-electron chi connectivity index (χ4n) is 3.21. The molecule has 184 valence electrons. The van der Waals surface area contributed by atoms with E-state index in [1.165, 1.54) is 36.7 Å². The molecule has 0 aliphatic heterocycles. The number of para-hydroxylation sites is 1. The first-order valence-corrected chi connectivity index (χ1v) is 12.7. The van der Waals surface area contributed by atoms with Gasteiger partial charge in [0, 0.05) is 23.1 Å². The molecule has 4 aromatic rings. The lowest BCUT2D eigenvalue weighted by Crippen LogP contribution is -2.15. The summed E-state index contributed by atoms with van der Waals surface area (Å²) in [5, 5.41) is 12.5. The molecule has 0 atom stereocenters. The van der Waals surface area contributed by atoms with Gasteiger partial charge in [-0.1, -0.05) is 41.7 Å². The number of aromatic nitrogens is 5. The lowest BCUT2D eigenvalue weighted by molar-refractivity contribution is -0.113. The van der Waals surface area contributed by atoms with Crippen molar-refractivity contribution in [3.63, 3.8) is 0 Å². The van der Waals surface area contributed by atoms with E-state index in [9.17, 15) is 14.4 Å². The van der Waals surface area contributed by atoms with Gasteiger partial charge in [0.25, 0.3) is 5.56 Å². The van der Waals surface area contributed by atoms with E-state index >= 15 is 0 Å². The number of carbonyl (C=O) groups excluding carboxylic acids is 2. The highest BCUT2D eigenvalue weighted by Crippen LogP contribution is 2.26. The maximum atomic E-state index is 12.6. The van der Waals surface area contributed by atoms with Crippen molar-refractivity contribution in [1.82, 2.24) is 24.7 Å². The Morgan fingerprint density at radius 3 is 2.50 bits per heavy atom. The van der Waals surface area contributed by atoms with Gasteiger partial charge in [0.2, 0.25) is 5.91 Å². The predicted octanol–water partition coefficient (Wildman–Crippen LogP) is 3.47. The van der Waals surface area contributed by atoms with Gasteiger partial charge in [-0.25, -0.2) is 9.78 Å². The van der Waals surface area contributed by atoms with E-state index in [2.05, 4.69) is 30.2 Å². The number of anilines is 1. The third kappa shape index (κ3) is 6.40. The average molecular weight is 523 g/mol. The molecule has 2 heterocycles. The molecular formula is C24H22N6O4S2. The van der Waals surface area contributed by atoms with Crippen molar-refractivity contribution >= 4 is 41.1 Å². The fraction of sp³-hybridized carbons (Fsp3) is 0.167. The molecule has 2 N–H and O–H groups in total. The molecule has 1 amide bonds. The van der Waals surface area contributed by atoms with E-state index in [-0.39, 0.29) is 17.2 Å². The number of aromatic amines is 1. The van der Waals surface area contributed by atoms with Crippen molar-refractivity contribution in [3.05, 3.63) is 88.1 Å². The molecule has 12 heteroatoms. The molecule has 0 unspecified atom stereocenters. The molecule has 0 fully saturated rings. The van der Waals surface area contributed by atoms with E-state index in [1.54, 1.807) is 31.2 Å². The molecule has 36 heavy (non-hydrogen) atoms. The van der Waals surface area contributed by atoms with Crippen molar-refractivity contribution in [2.75, 3.05) is 18.2 Å². The summed E-state index contributed by atoms with van der Waals surface area (Å²) in [5.74, 6) is 0.488. The Hall–Kier alpha value is -3.90. The first-order chi connectivity index (χ1) is 17.4. The number of nitrogens with one attached hydrogen (secondary N) is 2. The molecule has 0 radical (unpaired) electrons. The Morgan fingerprint density at radius 1 is 1.06 bits per heavy atom. The van der Waals surface area contributed by atoms with E-state index in [4.69, 9.17) is 0 Å². The number of benzene rings is 2. The standard InChI is InChI=1S/C24H22N6O4S2/c1-15-12-20(31)27-23(25-15)35-13-19-28-29-24(30(19)18-6-4-3-5-7-18)36-14-21(32)26-17-10-8-16(9-11-17)22(33)34-2/h3-12H,13-14H2,1-2H3,(H,26,32)(H,25,27,31). The number of aryl methyl sites for hydroxylation is 1. The van der Waals surface area contributed by atoms with Crippen LogP contribution in [0.4, 0.5) is 5.69 Å². The van der Waals surface area contributed by atoms with Crippen LogP contribution in [-0.4, -0.2) is 49.5 Å². The summed E-state index contributed by atoms with van der Waals surface area (Å²) < 4.78 is 6.56. The number of ether oxygens (including phenoxy) is 1. The second-order valence-corrected chi connectivity index (χ2v) is 9.36. The summed E-state index contributed by atoms with van der Waals surface area (Å²) in [6.07, 6.45) is 0. The Balaban J connectivity index is 1.46. The summed E-state index contributed by atoms with van der Waals surface area (Å²) in [7, 11) is 1.31. The van der Waals surface area contributed by atoms with Gasteiger partial charge in [0.15, 0.2) is 10.3 Å². The molecule has 0 spiro atoms. The quantitative estimate of drug-likeness (QED) is 0.193. The normalized spacial score (nSPS) is 10.7. The highest BCUT2D eigenvalue weighted by Gasteiger charge is 2.17. The van der Waals surface area contributed by atoms with Gasteiger partial charge in [-0.3, -0.25) is 14.2 Å². The van der Waals surface area contributed by atoms with Crippen LogP contribution in [0.1, 0.15) is 21.9 Å². The minimum Gasteiger partial charge on any atom is -0.465 e. The zero-order chi connectivity index (χ0) is 25.5. The summed E-state index contributed by atoms with van der Waals surface area (Å²) >= 11 is 2.59. The van der Waals surface area contributed by atoms with Crippen LogP contribution in [-0.2, 0) is 15.3 Å². The molecule has 4 rings (SSSR count). The second kappa shape index (κ2) is 11.7. The molecule has 0 saturated heterocycles. The summed E-state index contributed by atoms with van der Waals surface area (Å²) in [4.78, 5) is 42.9. The van der Waals surface area contributed by atoms with Crippen molar-refractivity contribution in [1.29, 1.82) is 0 Å². The summed E-state index contributed by atoms with van der Waals surface area (Å²) in [6.45, 7) is 1.76. The maximum absolute atomic E-state index is 12.6. The predicted molar refractivity (Wildman–Crippen MR) is 138 cm³/mol. The molecule has 10 nitrogen and oxygen atoms in total. The number of amides is 1. The topological polar surface area (TPSA) is 132 Å². The SMILES string of the molecule is COC(=O)c1ccc(NC(=O)CSc2nnc(CSc3nc(C)cc(=O)[nH]3)n2-c2ccccc2)cc1. The monoisotopic (exact) mass is 522 g/mol. The number of rotatable bonds is 9. The minimum atomic E-state index is -0.442. The zero-order valence-electron chi connectivity index (χ0n) is 19.4. The third-order valence-electron chi connectivity index (χ3n) is 4.82. The Bertz CT molecular complexity index is 1420. The average Bonchev–Trinajstić information content (AvgIpc) is 3.29. The van der Waals surface area contributed by atoms with Crippen LogP contribution in [0.3, 0.4) is 0 Å². The molecular weight excluding hydrogens is 500 g/mol. The number of carbonyl (C=O) groups is 2. The Morgan fingerprint density at radius 2 is 1.81 bits per heavy atom. The smallest absolute Gasteiger partial charge is 0.337 e. The number of nitrogens with zero attached hydrogens (tertiary/aromatic N) is 4. The fourth-order valence-corrected chi connectivity index (χ4v) is 4.82. The van der Waals surface area contributed by atoms with Crippen LogP contribution in [0, 0.1) is 6.92 Å². The lowest BCUT2D eigenvalue weighted by Gasteiger charge is -2.10. The first kappa shape index (κ1) is 25.2. The number of methoxy groups -OCH3 is 1. The second-order valence-electron chi connectivity index (χ2n) is 7.46. The van der Waals surface area contributed by atoms with Crippen LogP contribution in [0.25, 0.3) is 5.69 Å². The van der Waals surface area contributed by atoms with E-state index in [0.717, 1.165) is 5.69 Å². The van der Waals surface area contributed by atoms with Crippen LogP contribution in [0.2, 0.25) is 0 Å². The number of esters is 1. The van der Waals surface area contributed by atoms with E-state index in [1.807, 2.05) is 34.9 Å². The van der Waals surface area contributed by atoms with E-state index < -0.39 is 5.97 Å². The van der Waals surface area contributed by atoms with Crippen molar-refractivity contribution < 1.29 is 14.3 Å². The Kier molecular flexibility index (Phi) is 8.18. The molecule has 0 aliphatic carbocycles. The van der Waals surface area contributed by atoms with Crippen molar-refractivity contribution in [3.8, 4) is 5.69 Å². The number of hydrogen-bond acceptors (Lipinski definition) is 9. The van der Waals surface area contributed by atoms with Gasteiger partial charge in [0.1, 0.15) is 5.82 Å². The van der Waals surface area contributed by atoms with Gasteiger partial charge in [0.05, 0.1) is 24.2 Å². The maximum Gasteiger partial charge on any atom is 0.337 e. The highest BCUT2D eigenvalue weighted by molar-refractivity contribution is 7.99. The van der Waals surface area contributed by atoms with Gasteiger partial charge in [-0.15, -0.1) is 10.2 Å². The van der Waals surface area contributed by atoms with Crippen molar-refractivity contribution in [2.24, 2.45) is 0 Å². The minimum absolute atomic E-state index is 0.101. The zero-order valence-corrected chi connectivity index (χ0v) is 21.1. The Labute approximate surface area is 214 Å². The summed E-state index contributed by atoms with van der Waals surface area (Å²) in [6, 6.07) is 17.5. The van der Waals surface area contributed by atoms with E-state index in [0.29, 0.717) is 38.8 Å².